The molecule has 0 aromatic carbocycles. The summed E-state index contributed by atoms with van der Waals surface area (Å²) in [5.74, 6) is -2.31. The molecule has 0 unspecified atom stereocenters. The summed E-state index contributed by atoms with van der Waals surface area (Å²) < 4.78 is 48.8. The molecular weight excluding hydrogens is 598 g/mol. The van der Waals surface area contributed by atoms with Gasteiger partial charge in [0.2, 0.25) is 0 Å². The molecule has 254 valence electrons. The standard InChI is InChI=1S/C29H45N3O13/c1-17-12-32(28(38)30-26(17)37)23-13-31(15-29(6,16-33)45-23)8-7-9-39-10-11-40-27-18(2)24(42-20(4)35)25(43-21(5)36)22(44-27)14-41-19(3)34/h12,18,22-25,27,33H,7-11,13-16H2,1-6H3,(H,30,37,38)/t18-,22-,23-,24-,25+,27-,29-/m1/s1/i6D. The summed E-state index contributed by atoms with van der Waals surface area (Å²) in [6, 6.07) is 0. The van der Waals surface area contributed by atoms with Crippen LogP contribution in [0.4, 0.5) is 0 Å². The number of aromatic nitrogens is 2. The molecule has 2 aliphatic rings. The van der Waals surface area contributed by atoms with E-state index in [1.807, 2.05) is 4.90 Å². The Bertz CT molecular complexity index is 1300. The van der Waals surface area contributed by atoms with E-state index in [-0.39, 0.29) is 33.3 Å². The first-order valence-electron chi connectivity index (χ1n) is 15.4. The molecule has 1 aromatic heterocycles. The zero-order chi connectivity index (χ0) is 34.0. The van der Waals surface area contributed by atoms with Crippen molar-refractivity contribution in [2.24, 2.45) is 5.92 Å². The number of aryl methyl sites for hydroxylation is 1. The Hall–Kier alpha value is -3.15. The number of esters is 3. The topological polar surface area (TPSA) is 194 Å². The lowest BCUT2D eigenvalue weighted by molar-refractivity contribution is -0.290. The zero-order valence-corrected chi connectivity index (χ0v) is 26.4. The Kier molecular flexibility index (Phi) is 12.7. The Morgan fingerprint density at radius 3 is 2.47 bits per heavy atom. The highest BCUT2D eigenvalue weighted by Gasteiger charge is 2.48. The smallest absolute Gasteiger partial charge is 0.330 e. The minimum atomic E-state index is -1.20. The zero-order valence-electron chi connectivity index (χ0n) is 27.4. The van der Waals surface area contributed by atoms with E-state index in [0.717, 1.165) is 0 Å². The largest absolute Gasteiger partial charge is 0.463 e. The van der Waals surface area contributed by atoms with E-state index >= 15 is 0 Å². The van der Waals surface area contributed by atoms with Crippen LogP contribution in [0.15, 0.2) is 15.8 Å². The first kappa shape index (κ1) is 34.7. The van der Waals surface area contributed by atoms with Crippen LogP contribution in [0.2, 0.25) is 0 Å². The van der Waals surface area contributed by atoms with E-state index in [1.54, 1.807) is 13.8 Å². The van der Waals surface area contributed by atoms with E-state index in [9.17, 15) is 29.1 Å². The number of nitrogens with zero attached hydrogens (tertiary/aromatic N) is 2. The van der Waals surface area contributed by atoms with Crippen molar-refractivity contribution in [2.45, 2.75) is 84.4 Å². The van der Waals surface area contributed by atoms with Crippen LogP contribution in [0.5, 0.6) is 0 Å². The first-order chi connectivity index (χ1) is 21.8. The maximum atomic E-state index is 12.5. The van der Waals surface area contributed by atoms with Crippen LogP contribution in [0.1, 0.15) is 54.2 Å². The van der Waals surface area contributed by atoms with Crippen molar-refractivity contribution in [3.8, 4) is 0 Å². The number of nitrogens with one attached hydrogen (secondary N) is 1. The van der Waals surface area contributed by atoms with Gasteiger partial charge in [0.15, 0.2) is 18.6 Å². The summed E-state index contributed by atoms with van der Waals surface area (Å²) in [5, 5.41) is 10.0. The van der Waals surface area contributed by atoms with Gasteiger partial charge >= 0.3 is 23.6 Å². The number of carbonyl (C=O) groups is 3. The fourth-order valence-electron chi connectivity index (χ4n) is 5.24. The van der Waals surface area contributed by atoms with Crippen molar-refractivity contribution in [1.82, 2.24) is 14.5 Å². The number of carbonyl (C=O) groups excluding carboxylic acids is 3. The molecule has 0 spiro atoms. The average Bonchev–Trinajstić information content (AvgIpc) is 2.99. The number of rotatable bonds is 14. The van der Waals surface area contributed by atoms with E-state index in [1.165, 1.54) is 31.5 Å². The number of hydrogen-bond donors (Lipinski definition) is 2. The minimum Gasteiger partial charge on any atom is -0.463 e. The lowest BCUT2D eigenvalue weighted by Gasteiger charge is -2.44. The SMILES string of the molecule is [2H]C[C@]1(CO)CN(CCCOCCO[C@@H]2O[C@H](COC(C)=O)[C@H](OC(C)=O)[C@H](OC(C)=O)[C@H]2C)C[C@H](n2cc(C)c(=O)[nH]c2=O)O1. The predicted molar refractivity (Wildman–Crippen MR) is 155 cm³/mol. The van der Waals surface area contributed by atoms with E-state index in [4.69, 9.17) is 34.5 Å². The highest BCUT2D eigenvalue weighted by molar-refractivity contribution is 5.67. The number of aliphatic hydroxyl groups excluding tert-OH is 1. The molecule has 3 heterocycles. The molecule has 2 N–H and O–H groups in total. The molecule has 16 nitrogen and oxygen atoms in total. The van der Waals surface area contributed by atoms with Gasteiger partial charge in [0, 0.05) is 66.1 Å². The van der Waals surface area contributed by atoms with Gasteiger partial charge in [-0.2, -0.15) is 0 Å². The average molecular weight is 645 g/mol. The number of hydrogen-bond acceptors (Lipinski definition) is 14. The van der Waals surface area contributed by atoms with Crippen molar-refractivity contribution in [1.29, 1.82) is 0 Å². The van der Waals surface area contributed by atoms with Crippen molar-refractivity contribution in [2.75, 3.05) is 52.7 Å². The third-order valence-corrected chi connectivity index (χ3v) is 7.33. The van der Waals surface area contributed by atoms with Gasteiger partial charge in [-0.05, 0) is 20.2 Å². The van der Waals surface area contributed by atoms with Crippen molar-refractivity contribution >= 4 is 17.9 Å². The van der Waals surface area contributed by atoms with Gasteiger partial charge in [-0.15, -0.1) is 0 Å². The Morgan fingerprint density at radius 2 is 1.82 bits per heavy atom. The molecular formula is C29H45N3O13. The summed E-state index contributed by atoms with van der Waals surface area (Å²) in [6.07, 6.45) is -2.59. The molecule has 2 saturated heterocycles. The number of aromatic amines is 1. The van der Waals surface area contributed by atoms with Gasteiger partial charge in [0.05, 0.1) is 19.8 Å². The lowest BCUT2D eigenvalue weighted by Crippen LogP contribution is -2.58. The highest BCUT2D eigenvalue weighted by Crippen LogP contribution is 2.32. The molecule has 0 aliphatic carbocycles. The number of H-pyrrole nitrogens is 1. The van der Waals surface area contributed by atoms with Crippen molar-refractivity contribution in [3.63, 3.8) is 0 Å². The third kappa shape index (κ3) is 10.4. The summed E-state index contributed by atoms with van der Waals surface area (Å²) in [6.45, 7) is 7.79. The Morgan fingerprint density at radius 1 is 1.11 bits per heavy atom. The van der Waals surface area contributed by atoms with Crippen LogP contribution in [-0.4, -0.2) is 120 Å². The maximum Gasteiger partial charge on any atom is 0.330 e. The van der Waals surface area contributed by atoms with E-state index in [0.29, 0.717) is 31.7 Å². The summed E-state index contributed by atoms with van der Waals surface area (Å²) >= 11 is 0. The predicted octanol–water partition coefficient (Wildman–Crippen LogP) is -0.362. The maximum absolute atomic E-state index is 12.5. The van der Waals surface area contributed by atoms with Crippen LogP contribution >= 0.6 is 0 Å². The van der Waals surface area contributed by atoms with Crippen LogP contribution in [0, 0.1) is 12.8 Å². The highest BCUT2D eigenvalue weighted by atomic mass is 16.7. The molecule has 0 saturated carbocycles. The number of morpholine rings is 1. The second-order valence-electron chi connectivity index (χ2n) is 11.3. The molecule has 0 amide bonds. The van der Waals surface area contributed by atoms with Crippen molar-refractivity contribution < 1.29 is 54.0 Å². The van der Waals surface area contributed by atoms with E-state index < -0.39 is 78.1 Å². The van der Waals surface area contributed by atoms with Crippen LogP contribution in [0.25, 0.3) is 0 Å². The van der Waals surface area contributed by atoms with E-state index in [2.05, 4.69) is 4.98 Å². The quantitative estimate of drug-likeness (QED) is 0.151. The first-order valence-corrected chi connectivity index (χ1v) is 14.7. The number of aliphatic hydroxyl groups is 1. The molecule has 3 rings (SSSR count). The molecule has 16 heteroatoms. The van der Waals surface area contributed by atoms with Crippen LogP contribution in [0.3, 0.4) is 0 Å². The Balaban J connectivity index is 1.53. The molecule has 2 aliphatic heterocycles. The normalized spacial score (nSPS) is 29.1. The molecule has 0 bridgehead atoms. The third-order valence-electron chi connectivity index (χ3n) is 7.33. The second-order valence-corrected chi connectivity index (χ2v) is 11.3. The fraction of sp³-hybridized carbons (Fsp3) is 0.759. The fourth-order valence-corrected chi connectivity index (χ4v) is 5.24. The molecule has 7 atom stereocenters. The van der Waals surface area contributed by atoms with Gasteiger partial charge in [-0.1, -0.05) is 6.92 Å². The van der Waals surface area contributed by atoms with Crippen LogP contribution < -0.4 is 11.2 Å². The Labute approximate surface area is 262 Å². The molecule has 0 radical (unpaired) electrons. The van der Waals surface area contributed by atoms with Gasteiger partial charge in [-0.25, -0.2) is 4.79 Å². The summed E-state index contributed by atoms with van der Waals surface area (Å²) in [4.78, 5) is 63.6. The van der Waals surface area contributed by atoms with Crippen LogP contribution in [-0.2, 0) is 47.5 Å². The molecule has 1 aromatic rings. The van der Waals surface area contributed by atoms with Crippen molar-refractivity contribution in [3.05, 3.63) is 32.6 Å². The minimum absolute atomic E-state index is 0.112. The van der Waals surface area contributed by atoms with Gasteiger partial charge in [0.25, 0.3) is 5.56 Å². The summed E-state index contributed by atoms with van der Waals surface area (Å²) in [7, 11) is 0. The van der Waals surface area contributed by atoms with Gasteiger partial charge < -0.3 is 38.3 Å². The summed E-state index contributed by atoms with van der Waals surface area (Å²) in [5.41, 5.74) is -2.01. The monoisotopic (exact) mass is 644 g/mol. The lowest BCUT2D eigenvalue weighted by atomic mass is 9.92. The van der Waals surface area contributed by atoms with Gasteiger partial charge in [-0.3, -0.25) is 33.6 Å². The number of ether oxygens (including phenoxy) is 7. The second kappa shape index (κ2) is 16.4. The molecule has 2 fully saturated rings. The molecule has 45 heavy (non-hydrogen) atoms. The van der Waals surface area contributed by atoms with Gasteiger partial charge in [0.1, 0.15) is 24.4 Å².